The van der Waals surface area contributed by atoms with Crippen LogP contribution in [-0.4, -0.2) is 54.0 Å². The number of rotatable bonds is 5. The molecule has 0 aliphatic carbocycles. The predicted octanol–water partition coefficient (Wildman–Crippen LogP) is 1.21. The molecule has 1 atom stereocenters. The molecule has 1 aliphatic rings. The minimum Gasteiger partial charge on any atom is -0.467 e. The van der Waals surface area contributed by atoms with Crippen molar-refractivity contribution in [1.29, 1.82) is 0 Å². The number of hydrogen-bond acceptors (Lipinski definition) is 5. The molecule has 138 valence electrons. The van der Waals surface area contributed by atoms with E-state index in [-0.39, 0.29) is 11.9 Å². The zero-order chi connectivity index (χ0) is 18.4. The Hall–Kier alpha value is -3.03. The maximum atomic E-state index is 12.4. The second-order valence-electron chi connectivity index (χ2n) is 6.13. The van der Waals surface area contributed by atoms with Gasteiger partial charge < -0.3 is 24.9 Å². The van der Waals surface area contributed by atoms with Crippen molar-refractivity contribution in [3.63, 3.8) is 0 Å². The summed E-state index contributed by atoms with van der Waals surface area (Å²) >= 11 is 0. The summed E-state index contributed by atoms with van der Waals surface area (Å²) in [7, 11) is 0. The minimum atomic E-state index is -0.619. The molecular weight excluding hydrogens is 334 g/mol. The molecular formula is C18H23N5O3. The summed E-state index contributed by atoms with van der Waals surface area (Å²) in [5.41, 5.74) is 0. The number of hydrogen-bond donors (Lipinski definition) is 2. The highest BCUT2D eigenvalue weighted by molar-refractivity contribution is 5.86. The SMILES string of the molecule is C[C@H](NC(=O)N1CCN(c2ccccn2)CC1)C(=O)NCc1ccco1. The summed E-state index contributed by atoms with van der Waals surface area (Å²) in [5.74, 6) is 1.34. The van der Waals surface area contributed by atoms with Crippen molar-refractivity contribution in [3.8, 4) is 0 Å². The molecule has 2 aromatic rings. The van der Waals surface area contributed by atoms with Crippen LogP contribution in [0, 0.1) is 0 Å². The number of nitrogens with one attached hydrogen (secondary N) is 2. The summed E-state index contributed by atoms with van der Waals surface area (Å²) in [4.78, 5) is 32.7. The largest absolute Gasteiger partial charge is 0.467 e. The van der Waals surface area contributed by atoms with Crippen LogP contribution in [0.2, 0.25) is 0 Å². The van der Waals surface area contributed by atoms with E-state index in [9.17, 15) is 9.59 Å². The van der Waals surface area contributed by atoms with E-state index in [2.05, 4.69) is 20.5 Å². The van der Waals surface area contributed by atoms with Crippen molar-refractivity contribution in [3.05, 3.63) is 48.6 Å². The van der Waals surface area contributed by atoms with Crippen LogP contribution in [-0.2, 0) is 11.3 Å². The van der Waals surface area contributed by atoms with Crippen LogP contribution in [0.5, 0.6) is 0 Å². The molecule has 2 aromatic heterocycles. The Morgan fingerprint density at radius 3 is 2.65 bits per heavy atom. The summed E-state index contributed by atoms with van der Waals surface area (Å²) < 4.78 is 5.17. The first kappa shape index (κ1) is 17.8. The zero-order valence-electron chi connectivity index (χ0n) is 14.7. The van der Waals surface area contributed by atoms with Crippen LogP contribution in [0.15, 0.2) is 47.2 Å². The lowest BCUT2D eigenvalue weighted by Crippen LogP contribution is -2.55. The fraction of sp³-hybridized carbons (Fsp3) is 0.389. The molecule has 0 spiro atoms. The van der Waals surface area contributed by atoms with Gasteiger partial charge in [-0.15, -0.1) is 0 Å². The first-order valence-electron chi connectivity index (χ1n) is 8.65. The molecule has 26 heavy (non-hydrogen) atoms. The standard InChI is InChI=1S/C18H23N5O3/c1-14(17(24)20-13-15-5-4-12-26-15)21-18(25)23-10-8-22(9-11-23)16-6-2-3-7-19-16/h2-7,12,14H,8-11,13H2,1H3,(H,20,24)(H,21,25)/t14-/m0/s1. The number of furan rings is 1. The number of pyridine rings is 1. The van der Waals surface area contributed by atoms with Crippen LogP contribution in [0.25, 0.3) is 0 Å². The van der Waals surface area contributed by atoms with Crippen molar-refractivity contribution in [2.45, 2.75) is 19.5 Å². The molecule has 0 unspecified atom stereocenters. The summed E-state index contributed by atoms with van der Waals surface area (Å²) in [6.07, 6.45) is 3.31. The monoisotopic (exact) mass is 357 g/mol. The van der Waals surface area contributed by atoms with E-state index in [4.69, 9.17) is 4.42 Å². The van der Waals surface area contributed by atoms with Crippen LogP contribution >= 0.6 is 0 Å². The normalized spacial score (nSPS) is 15.4. The Kier molecular flexibility index (Phi) is 5.73. The molecule has 0 radical (unpaired) electrons. The third-order valence-electron chi connectivity index (χ3n) is 4.29. The Bertz CT molecular complexity index is 712. The van der Waals surface area contributed by atoms with Gasteiger partial charge in [0.1, 0.15) is 17.6 Å². The van der Waals surface area contributed by atoms with E-state index in [1.807, 2.05) is 18.2 Å². The molecule has 1 aliphatic heterocycles. The van der Waals surface area contributed by atoms with Crippen LogP contribution in [0.4, 0.5) is 10.6 Å². The molecule has 1 saturated heterocycles. The van der Waals surface area contributed by atoms with Gasteiger partial charge in [0, 0.05) is 32.4 Å². The topological polar surface area (TPSA) is 90.7 Å². The molecule has 8 heteroatoms. The molecule has 3 amide bonds. The average molecular weight is 357 g/mol. The van der Waals surface area contributed by atoms with Gasteiger partial charge in [0.05, 0.1) is 12.8 Å². The van der Waals surface area contributed by atoms with Gasteiger partial charge in [0.2, 0.25) is 5.91 Å². The molecule has 8 nitrogen and oxygen atoms in total. The molecule has 2 N–H and O–H groups in total. The highest BCUT2D eigenvalue weighted by atomic mass is 16.3. The second-order valence-corrected chi connectivity index (χ2v) is 6.13. The van der Waals surface area contributed by atoms with Crippen molar-refractivity contribution < 1.29 is 14.0 Å². The Morgan fingerprint density at radius 2 is 2.00 bits per heavy atom. The van der Waals surface area contributed by atoms with E-state index >= 15 is 0 Å². The van der Waals surface area contributed by atoms with Crippen molar-refractivity contribution in [2.24, 2.45) is 0 Å². The summed E-state index contributed by atoms with van der Waals surface area (Å²) in [5, 5.41) is 5.48. The highest BCUT2D eigenvalue weighted by Crippen LogP contribution is 2.12. The Morgan fingerprint density at radius 1 is 1.19 bits per heavy atom. The number of amides is 3. The number of piperazine rings is 1. The maximum absolute atomic E-state index is 12.4. The van der Waals surface area contributed by atoms with Crippen molar-refractivity contribution in [1.82, 2.24) is 20.5 Å². The lowest BCUT2D eigenvalue weighted by atomic mass is 10.3. The molecule has 0 aromatic carbocycles. The van der Waals surface area contributed by atoms with E-state index in [0.29, 0.717) is 38.5 Å². The Balaban J connectivity index is 1.42. The third kappa shape index (κ3) is 4.53. The molecule has 3 rings (SSSR count). The summed E-state index contributed by atoms with van der Waals surface area (Å²) in [6, 6.07) is 8.48. The minimum absolute atomic E-state index is 0.230. The highest BCUT2D eigenvalue weighted by Gasteiger charge is 2.24. The van der Waals surface area contributed by atoms with Gasteiger partial charge in [-0.1, -0.05) is 6.07 Å². The first-order valence-corrected chi connectivity index (χ1v) is 8.65. The van der Waals surface area contributed by atoms with Crippen LogP contribution < -0.4 is 15.5 Å². The average Bonchev–Trinajstić information content (AvgIpc) is 3.20. The number of carbonyl (C=O) groups is 2. The Labute approximate surface area is 152 Å². The molecule has 1 fully saturated rings. The number of carbonyl (C=O) groups excluding carboxylic acids is 2. The van der Waals surface area contributed by atoms with Gasteiger partial charge in [-0.05, 0) is 31.2 Å². The lowest BCUT2D eigenvalue weighted by Gasteiger charge is -2.35. The van der Waals surface area contributed by atoms with Crippen LogP contribution in [0.3, 0.4) is 0 Å². The van der Waals surface area contributed by atoms with Crippen molar-refractivity contribution >= 4 is 17.8 Å². The maximum Gasteiger partial charge on any atom is 0.318 e. The fourth-order valence-corrected chi connectivity index (χ4v) is 2.76. The van der Waals surface area contributed by atoms with Gasteiger partial charge in [0.25, 0.3) is 0 Å². The molecule has 0 bridgehead atoms. The molecule has 3 heterocycles. The number of aromatic nitrogens is 1. The van der Waals surface area contributed by atoms with Crippen LogP contribution in [0.1, 0.15) is 12.7 Å². The zero-order valence-corrected chi connectivity index (χ0v) is 14.7. The van der Waals surface area contributed by atoms with Gasteiger partial charge in [0.15, 0.2) is 0 Å². The van der Waals surface area contributed by atoms with Gasteiger partial charge in [-0.3, -0.25) is 4.79 Å². The van der Waals surface area contributed by atoms with Gasteiger partial charge in [-0.25, -0.2) is 9.78 Å². The van der Waals surface area contributed by atoms with Gasteiger partial charge in [-0.2, -0.15) is 0 Å². The number of urea groups is 1. The lowest BCUT2D eigenvalue weighted by molar-refractivity contribution is -0.122. The number of anilines is 1. The van der Waals surface area contributed by atoms with E-state index in [1.165, 1.54) is 0 Å². The second kappa shape index (κ2) is 8.37. The van der Waals surface area contributed by atoms with E-state index in [0.717, 1.165) is 5.82 Å². The van der Waals surface area contributed by atoms with Crippen molar-refractivity contribution in [2.75, 3.05) is 31.1 Å². The quantitative estimate of drug-likeness (QED) is 0.839. The molecule has 0 saturated carbocycles. The van der Waals surface area contributed by atoms with E-state index < -0.39 is 6.04 Å². The first-order chi connectivity index (χ1) is 12.6. The van der Waals surface area contributed by atoms with Gasteiger partial charge >= 0.3 is 6.03 Å². The summed E-state index contributed by atoms with van der Waals surface area (Å²) in [6.45, 7) is 4.56. The third-order valence-corrected chi connectivity index (χ3v) is 4.29. The van der Waals surface area contributed by atoms with E-state index in [1.54, 1.807) is 36.4 Å². The fourth-order valence-electron chi connectivity index (χ4n) is 2.76. The predicted molar refractivity (Wildman–Crippen MR) is 96.6 cm³/mol. The number of nitrogens with zero attached hydrogens (tertiary/aromatic N) is 3. The smallest absolute Gasteiger partial charge is 0.318 e.